The van der Waals surface area contributed by atoms with Crippen molar-refractivity contribution >= 4 is 0 Å². The van der Waals surface area contributed by atoms with Gasteiger partial charge >= 0.3 is 6.18 Å². The second kappa shape index (κ2) is 2.60. The predicted molar refractivity (Wildman–Crippen MR) is 35.6 cm³/mol. The summed E-state index contributed by atoms with van der Waals surface area (Å²) >= 11 is 0. The number of hydrogen-bond donors (Lipinski definition) is 1. The van der Waals surface area contributed by atoms with Crippen molar-refractivity contribution in [2.24, 2.45) is 5.73 Å². The molecule has 0 atom stereocenters. The van der Waals surface area contributed by atoms with Crippen LogP contribution in [0.4, 0.5) is 13.2 Å². The Labute approximate surface area is 62.4 Å². The molecule has 0 fully saturated rings. The molecule has 1 rings (SSSR count). The molecule has 1 aliphatic carbocycles. The zero-order valence-corrected chi connectivity index (χ0v) is 5.78. The minimum absolute atomic E-state index is 0.0458. The maximum atomic E-state index is 12.0. The second-order valence-electron chi connectivity index (χ2n) is 2.41. The van der Waals surface area contributed by atoms with Gasteiger partial charge in [-0.05, 0) is 18.9 Å². The van der Waals surface area contributed by atoms with Crippen molar-refractivity contribution < 1.29 is 13.2 Å². The molecule has 0 radical (unpaired) electrons. The summed E-state index contributed by atoms with van der Waals surface area (Å²) in [6, 6.07) is 0. The summed E-state index contributed by atoms with van der Waals surface area (Å²) in [6.07, 6.45) is -1.20. The summed E-state index contributed by atoms with van der Waals surface area (Å²) in [4.78, 5) is 0. The van der Waals surface area contributed by atoms with E-state index in [0.29, 0.717) is 6.42 Å². The Morgan fingerprint density at radius 1 is 1.36 bits per heavy atom. The molecule has 62 valence electrons. The van der Waals surface area contributed by atoms with E-state index in [2.05, 4.69) is 0 Å². The Kier molecular flexibility index (Phi) is 1.93. The van der Waals surface area contributed by atoms with Gasteiger partial charge in [0.05, 0.1) is 0 Å². The number of rotatable bonds is 0. The van der Waals surface area contributed by atoms with E-state index in [9.17, 15) is 13.2 Å². The number of alkyl halides is 3. The van der Waals surface area contributed by atoms with Crippen LogP contribution in [0.2, 0.25) is 0 Å². The zero-order chi connectivity index (χ0) is 8.48. The van der Waals surface area contributed by atoms with E-state index in [-0.39, 0.29) is 12.1 Å². The Morgan fingerprint density at radius 2 is 2.00 bits per heavy atom. The van der Waals surface area contributed by atoms with Gasteiger partial charge in [-0.2, -0.15) is 13.2 Å². The average Bonchev–Trinajstić information content (AvgIpc) is 1.86. The fraction of sp³-hybridized carbons (Fsp3) is 0.429. The normalized spacial score (nSPS) is 19.2. The monoisotopic (exact) mass is 163 g/mol. The van der Waals surface area contributed by atoms with Crippen molar-refractivity contribution in [1.29, 1.82) is 0 Å². The second-order valence-corrected chi connectivity index (χ2v) is 2.41. The Morgan fingerprint density at radius 3 is 2.36 bits per heavy atom. The van der Waals surface area contributed by atoms with Crippen molar-refractivity contribution in [3.05, 3.63) is 23.4 Å². The highest BCUT2D eigenvalue weighted by molar-refractivity contribution is 5.27. The lowest BCUT2D eigenvalue weighted by Crippen LogP contribution is -2.15. The first-order valence-corrected chi connectivity index (χ1v) is 3.23. The van der Waals surface area contributed by atoms with Crippen molar-refractivity contribution in [1.82, 2.24) is 0 Å². The zero-order valence-electron chi connectivity index (χ0n) is 5.78. The Hall–Kier alpha value is -0.930. The third kappa shape index (κ3) is 2.00. The molecule has 0 aromatic carbocycles. The molecule has 2 N–H and O–H groups in total. The molecule has 1 nitrogen and oxygen atoms in total. The van der Waals surface area contributed by atoms with Gasteiger partial charge in [0.15, 0.2) is 0 Å². The van der Waals surface area contributed by atoms with Crippen LogP contribution in [-0.4, -0.2) is 6.18 Å². The Balaban J connectivity index is 2.82. The standard InChI is InChI=1S/C7H8F3N/c8-7(9,10)5-2-1-3-6(11)4-5/h3-4H,1-2,11H2. The van der Waals surface area contributed by atoms with Crippen LogP contribution in [0.3, 0.4) is 0 Å². The van der Waals surface area contributed by atoms with Crippen LogP contribution >= 0.6 is 0 Å². The molecule has 1 aliphatic rings. The van der Waals surface area contributed by atoms with E-state index >= 15 is 0 Å². The summed E-state index contributed by atoms with van der Waals surface area (Å²) in [5, 5.41) is 0. The topological polar surface area (TPSA) is 26.0 Å². The minimum Gasteiger partial charge on any atom is -0.399 e. The number of hydrogen-bond acceptors (Lipinski definition) is 1. The van der Waals surface area contributed by atoms with E-state index in [1.165, 1.54) is 0 Å². The number of nitrogens with two attached hydrogens (primary N) is 1. The average molecular weight is 163 g/mol. The Bertz CT molecular complexity index is 212. The quantitative estimate of drug-likeness (QED) is 0.581. The summed E-state index contributed by atoms with van der Waals surface area (Å²) in [6.45, 7) is 0. The van der Waals surface area contributed by atoms with Crippen LogP contribution in [0, 0.1) is 0 Å². The molecule has 0 aromatic rings. The van der Waals surface area contributed by atoms with Gasteiger partial charge in [-0.15, -0.1) is 0 Å². The van der Waals surface area contributed by atoms with Gasteiger partial charge in [0.25, 0.3) is 0 Å². The van der Waals surface area contributed by atoms with Crippen LogP contribution in [0.1, 0.15) is 12.8 Å². The predicted octanol–water partition coefficient (Wildman–Crippen LogP) is 2.11. The van der Waals surface area contributed by atoms with Crippen LogP contribution in [-0.2, 0) is 0 Å². The summed E-state index contributed by atoms with van der Waals surface area (Å²) in [5.74, 6) is 0. The van der Waals surface area contributed by atoms with Gasteiger partial charge in [0, 0.05) is 11.3 Å². The SMILES string of the molecule is NC1=CCCC(C(F)(F)F)=C1. The molecule has 0 saturated carbocycles. The van der Waals surface area contributed by atoms with Gasteiger partial charge in [-0.25, -0.2) is 0 Å². The number of allylic oxidation sites excluding steroid dienone is 3. The molecule has 0 unspecified atom stereocenters. The largest absolute Gasteiger partial charge is 0.412 e. The maximum absolute atomic E-state index is 12.0. The van der Waals surface area contributed by atoms with Crippen molar-refractivity contribution in [3.63, 3.8) is 0 Å². The van der Waals surface area contributed by atoms with E-state index in [4.69, 9.17) is 5.73 Å². The lowest BCUT2D eigenvalue weighted by molar-refractivity contribution is -0.0941. The highest BCUT2D eigenvalue weighted by Crippen LogP contribution is 2.31. The fourth-order valence-corrected chi connectivity index (χ4v) is 0.950. The first-order chi connectivity index (χ1) is 5.00. The van der Waals surface area contributed by atoms with Gasteiger partial charge in [-0.3, -0.25) is 0 Å². The fourth-order valence-electron chi connectivity index (χ4n) is 0.950. The van der Waals surface area contributed by atoms with Gasteiger partial charge in [-0.1, -0.05) is 6.08 Å². The summed E-state index contributed by atoms with van der Waals surface area (Å²) < 4.78 is 35.9. The molecule has 0 amide bonds. The molecule has 4 heteroatoms. The van der Waals surface area contributed by atoms with E-state index in [1.54, 1.807) is 6.08 Å². The highest BCUT2D eigenvalue weighted by Gasteiger charge is 2.33. The van der Waals surface area contributed by atoms with Crippen LogP contribution in [0.15, 0.2) is 23.4 Å². The molecule has 0 aliphatic heterocycles. The molecule has 0 saturated heterocycles. The van der Waals surface area contributed by atoms with E-state index < -0.39 is 11.7 Å². The minimum atomic E-state index is -4.21. The third-order valence-electron chi connectivity index (χ3n) is 1.50. The third-order valence-corrected chi connectivity index (χ3v) is 1.50. The van der Waals surface area contributed by atoms with Crippen molar-refractivity contribution in [2.75, 3.05) is 0 Å². The van der Waals surface area contributed by atoms with Crippen LogP contribution in [0.5, 0.6) is 0 Å². The van der Waals surface area contributed by atoms with E-state index in [1.807, 2.05) is 0 Å². The highest BCUT2D eigenvalue weighted by atomic mass is 19.4. The van der Waals surface area contributed by atoms with Crippen LogP contribution in [0.25, 0.3) is 0 Å². The molecule has 11 heavy (non-hydrogen) atoms. The van der Waals surface area contributed by atoms with Gasteiger partial charge in [0.1, 0.15) is 0 Å². The van der Waals surface area contributed by atoms with Crippen LogP contribution < -0.4 is 5.73 Å². The maximum Gasteiger partial charge on any atom is 0.412 e. The molecule has 0 bridgehead atoms. The molecule has 0 aromatic heterocycles. The van der Waals surface area contributed by atoms with Crippen molar-refractivity contribution in [3.8, 4) is 0 Å². The molecular weight excluding hydrogens is 155 g/mol. The smallest absolute Gasteiger partial charge is 0.399 e. The van der Waals surface area contributed by atoms with Gasteiger partial charge in [0.2, 0.25) is 0 Å². The molecule has 0 heterocycles. The number of halogens is 3. The first-order valence-electron chi connectivity index (χ1n) is 3.23. The summed E-state index contributed by atoms with van der Waals surface area (Å²) in [7, 11) is 0. The van der Waals surface area contributed by atoms with E-state index in [0.717, 1.165) is 6.08 Å². The summed E-state index contributed by atoms with van der Waals surface area (Å²) in [5.41, 5.74) is 4.89. The van der Waals surface area contributed by atoms with Crippen molar-refractivity contribution in [2.45, 2.75) is 19.0 Å². The lowest BCUT2D eigenvalue weighted by atomic mass is 10.0. The molecule has 0 spiro atoms. The first kappa shape index (κ1) is 8.17. The lowest BCUT2D eigenvalue weighted by Gasteiger charge is -2.13. The molecular formula is C7H8F3N. The van der Waals surface area contributed by atoms with Gasteiger partial charge < -0.3 is 5.73 Å².